The van der Waals surface area contributed by atoms with Crippen molar-refractivity contribution in [3.63, 3.8) is 0 Å². The van der Waals surface area contributed by atoms with E-state index in [-0.39, 0.29) is 5.95 Å². The van der Waals surface area contributed by atoms with E-state index in [2.05, 4.69) is 15.0 Å². The molecule has 104 valence electrons. The summed E-state index contributed by atoms with van der Waals surface area (Å²) >= 11 is 0. The van der Waals surface area contributed by atoms with Gasteiger partial charge in [0.05, 0.1) is 18.5 Å². The smallest absolute Gasteiger partial charge is 0.221 e. The molecular formula is C16H14N4O. The van der Waals surface area contributed by atoms with Crippen LogP contribution in [-0.4, -0.2) is 22.1 Å². The Hall–Kier alpha value is -2.95. The number of para-hydroxylation sites is 1. The lowest BCUT2D eigenvalue weighted by Crippen LogP contribution is -1.99. The van der Waals surface area contributed by atoms with E-state index in [4.69, 9.17) is 10.5 Å². The second-order valence-electron chi connectivity index (χ2n) is 4.43. The quantitative estimate of drug-likeness (QED) is 0.797. The highest BCUT2D eigenvalue weighted by atomic mass is 16.5. The fraction of sp³-hybridized carbons (Fsp3) is 0.0625. The van der Waals surface area contributed by atoms with Gasteiger partial charge in [0.25, 0.3) is 0 Å². The molecule has 21 heavy (non-hydrogen) atoms. The number of hydrogen-bond donors (Lipinski definition) is 1. The van der Waals surface area contributed by atoms with Crippen molar-refractivity contribution in [3.8, 4) is 28.3 Å². The Bertz CT molecular complexity index is 759. The van der Waals surface area contributed by atoms with Gasteiger partial charge >= 0.3 is 0 Å². The Kier molecular flexibility index (Phi) is 3.47. The summed E-state index contributed by atoms with van der Waals surface area (Å²) < 4.78 is 5.37. The van der Waals surface area contributed by atoms with E-state index in [1.807, 2.05) is 42.5 Å². The van der Waals surface area contributed by atoms with Crippen molar-refractivity contribution in [2.45, 2.75) is 0 Å². The fourth-order valence-electron chi connectivity index (χ4n) is 2.13. The number of aromatic nitrogens is 3. The van der Waals surface area contributed by atoms with Crippen molar-refractivity contribution >= 4 is 5.95 Å². The highest BCUT2D eigenvalue weighted by Crippen LogP contribution is 2.30. The van der Waals surface area contributed by atoms with Crippen LogP contribution >= 0.6 is 0 Å². The third kappa shape index (κ3) is 2.67. The zero-order valence-electron chi connectivity index (χ0n) is 11.5. The monoisotopic (exact) mass is 278 g/mol. The Labute approximate surface area is 122 Å². The van der Waals surface area contributed by atoms with Crippen LogP contribution in [0.15, 0.2) is 54.9 Å². The van der Waals surface area contributed by atoms with Gasteiger partial charge in [-0.3, -0.25) is 4.98 Å². The van der Waals surface area contributed by atoms with Gasteiger partial charge in [-0.15, -0.1) is 0 Å². The summed E-state index contributed by atoms with van der Waals surface area (Å²) in [4.78, 5) is 12.6. The Morgan fingerprint density at radius 2 is 1.67 bits per heavy atom. The number of pyridine rings is 1. The maximum Gasteiger partial charge on any atom is 0.221 e. The second kappa shape index (κ2) is 5.58. The molecule has 2 aromatic heterocycles. The number of nitrogen functional groups attached to an aromatic ring is 1. The Morgan fingerprint density at radius 3 is 2.43 bits per heavy atom. The van der Waals surface area contributed by atoms with Gasteiger partial charge in [0.15, 0.2) is 0 Å². The van der Waals surface area contributed by atoms with E-state index in [0.717, 1.165) is 28.3 Å². The maximum absolute atomic E-state index is 5.85. The zero-order valence-corrected chi connectivity index (χ0v) is 11.5. The summed E-state index contributed by atoms with van der Waals surface area (Å²) in [5.74, 6) is 0.974. The molecule has 2 heterocycles. The van der Waals surface area contributed by atoms with Crippen LogP contribution in [-0.2, 0) is 0 Å². The molecule has 0 atom stereocenters. The van der Waals surface area contributed by atoms with E-state index < -0.39 is 0 Å². The molecular weight excluding hydrogens is 264 g/mol. The summed E-state index contributed by atoms with van der Waals surface area (Å²) in [6.45, 7) is 0. The highest BCUT2D eigenvalue weighted by molar-refractivity contribution is 5.72. The number of anilines is 1. The molecule has 2 N–H and O–H groups in total. The molecule has 0 aliphatic carbocycles. The summed E-state index contributed by atoms with van der Waals surface area (Å²) in [5.41, 5.74) is 9.15. The molecule has 0 saturated carbocycles. The van der Waals surface area contributed by atoms with Crippen LogP contribution in [0.25, 0.3) is 22.5 Å². The molecule has 5 nitrogen and oxygen atoms in total. The number of benzene rings is 1. The minimum Gasteiger partial charge on any atom is -0.496 e. The minimum absolute atomic E-state index is 0.227. The molecule has 0 aliphatic heterocycles. The molecule has 0 spiro atoms. The molecule has 1 aromatic carbocycles. The number of rotatable bonds is 3. The van der Waals surface area contributed by atoms with Crippen molar-refractivity contribution < 1.29 is 4.74 Å². The molecule has 5 heteroatoms. The van der Waals surface area contributed by atoms with Crippen LogP contribution in [0.5, 0.6) is 5.75 Å². The molecule has 0 bridgehead atoms. The van der Waals surface area contributed by atoms with Gasteiger partial charge < -0.3 is 10.5 Å². The van der Waals surface area contributed by atoms with Crippen LogP contribution in [0.2, 0.25) is 0 Å². The fourth-order valence-corrected chi connectivity index (χ4v) is 2.13. The van der Waals surface area contributed by atoms with Gasteiger partial charge in [-0.2, -0.15) is 0 Å². The summed E-state index contributed by atoms with van der Waals surface area (Å²) in [6, 6.07) is 13.3. The van der Waals surface area contributed by atoms with Crippen molar-refractivity contribution in [2.75, 3.05) is 12.8 Å². The SMILES string of the molecule is COc1ccccc1-c1cc(-c2ccncc2)nc(N)n1. The number of nitrogens with zero attached hydrogens (tertiary/aromatic N) is 3. The van der Waals surface area contributed by atoms with Crippen molar-refractivity contribution in [1.29, 1.82) is 0 Å². The predicted molar refractivity (Wildman–Crippen MR) is 81.7 cm³/mol. The first-order chi connectivity index (χ1) is 10.3. The number of nitrogens with two attached hydrogens (primary N) is 1. The molecule has 0 unspecified atom stereocenters. The molecule has 0 fully saturated rings. The molecule has 0 amide bonds. The van der Waals surface area contributed by atoms with Gasteiger partial charge in [0.1, 0.15) is 5.75 Å². The molecule has 0 aliphatic rings. The summed E-state index contributed by atoms with van der Waals surface area (Å²) in [7, 11) is 1.63. The van der Waals surface area contributed by atoms with Gasteiger partial charge in [-0.1, -0.05) is 12.1 Å². The lowest BCUT2D eigenvalue weighted by atomic mass is 10.1. The topological polar surface area (TPSA) is 73.9 Å². The Balaban J connectivity index is 2.14. The number of ether oxygens (including phenoxy) is 1. The summed E-state index contributed by atoms with van der Waals surface area (Å²) in [6.07, 6.45) is 3.44. The predicted octanol–water partition coefficient (Wildman–Crippen LogP) is 2.80. The molecule has 3 aromatic rings. The van der Waals surface area contributed by atoms with Crippen LogP contribution < -0.4 is 10.5 Å². The standard InChI is InChI=1S/C16H14N4O/c1-21-15-5-3-2-4-12(15)14-10-13(19-16(17)20-14)11-6-8-18-9-7-11/h2-10H,1H3,(H2,17,19,20). The Morgan fingerprint density at radius 1 is 0.952 bits per heavy atom. The van der Waals surface area contributed by atoms with Gasteiger partial charge in [-0.25, -0.2) is 9.97 Å². The van der Waals surface area contributed by atoms with Gasteiger partial charge in [0, 0.05) is 23.5 Å². The first-order valence-corrected chi connectivity index (χ1v) is 6.46. The van der Waals surface area contributed by atoms with E-state index in [9.17, 15) is 0 Å². The molecule has 0 radical (unpaired) electrons. The average Bonchev–Trinajstić information content (AvgIpc) is 2.55. The first kappa shape index (κ1) is 13.1. The average molecular weight is 278 g/mol. The third-order valence-corrected chi connectivity index (χ3v) is 3.10. The van der Waals surface area contributed by atoms with E-state index >= 15 is 0 Å². The van der Waals surface area contributed by atoms with Gasteiger partial charge in [0.2, 0.25) is 5.95 Å². The molecule has 0 saturated heterocycles. The van der Waals surface area contributed by atoms with Crippen LogP contribution in [0.1, 0.15) is 0 Å². The lowest BCUT2D eigenvalue weighted by Gasteiger charge is -2.09. The van der Waals surface area contributed by atoms with E-state index in [0.29, 0.717) is 0 Å². The largest absolute Gasteiger partial charge is 0.496 e. The van der Waals surface area contributed by atoms with Crippen LogP contribution in [0.3, 0.4) is 0 Å². The highest BCUT2D eigenvalue weighted by Gasteiger charge is 2.10. The molecule has 3 rings (SSSR count). The minimum atomic E-state index is 0.227. The van der Waals surface area contributed by atoms with Crippen molar-refractivity contribution in [1.82, 2.24) is 15.0 Å². The van der Waals surface area contributed by atoms with Crippen molar-refractivity contribution in [2.24, 2.45) is 0 Å². The lowest BCUT2D eigenvalue weighted by molar-refractivity contribution is 0.416. The van der Waals surface area contributed by atoms with Crippen LogP contribution in [0.4, 0.5) is 5.95 Å². The zero-order chi connectivity index (χ0) is 14.7. The normalized spacial score (nSPS) is 10.3. The van der Waals surface area contributed by atoms with Crippen molar-refractivity contribution in [3.05, 3.63) is 54.9 Å². The first-order valence-electron chi connectivity index (χ1n) is 6.46. The maximum atomic E-state index is 5.85. The van der Waals surface area contributed by atoms with Gasteiger partial charge in [-0.05, 0) is 30.3 Å². The second-order valence-corrected chi connectivity index (χ2v) is 4.43. The third-order valence-electron chi connectivity index (χ3n) is 3.10. The van der Waals surface area contributed by atoms with E-state index in [1.165, 1.54) is 0 Å². The van der Waals surface area contributed by atoms with Crippen LogP contribution in [0, 0.1) is 0 Å². The number of methoxy groups -OCH3 is 1. The summed E-state index contributed by atoms with van der Waals surface area (Å²) in [5, 5.41) is 0. The number of hydrogen-bond acceptors (Lipinski definition) is 5. The van der Waals surface area contributed by atoms with E-state index in [1.54, 1.807) is 19.5 Å².